The zero-order valence-corrected chi connectivity index (χ0v) is 8.68. The molecule has 0 saturated heterocycles. The fourth-order valence-electron chi connectivity index (χ4n) is 1.38. The molecule has 0 aliphatic heterocycles. The van der Waals surface area contributed by atoms with Gasteiger partial charge in [-0.05, 0) is 25.1 Å². The number of benzene rings is 1. The van der Waals surface area contributed by atoms with Gasteiger partial charge in [-0.1, -0.05) is 15.9 Å². The molecule has 0 unspecified atom stereocenters. The van der Waals surface area contributed by atoms with Gasteiger partial charge in [-0.15, -0.1) is 0 Å². The Balaban J connectivity index is 2.79. The maximum absolute atomic E-state index is 11.2. The molecule has 3 heteroatoms. The van der Waals surface area contributed by atoms with E-state index in [4.69, 9.17) is 0 Å². The molecule has 1 N–H and O–H groups in total. The third-order valence-electron chi connectivity index (χ3n) is 2.02. The first-order valence-corrected chi connectivity index (χ1v) is 4.75. The van der Waals surface area contributed by atoms with Crippen molar-refractivity contribution in [3.63, 3.8) is 0 Å². The Bertz CT molecular complexity index is 473. The van der Waals surface area contributed by atoms with Gasteiger partial charge in [0.15, 0.2) is 5.78 Å². The highest BCUT2D eigenvalue weighted by atomic mass is 79.9. The lowest BCUT2D eigenvalue weighted by Gasteiger charge is -1.93. The van der Waals surface area contributed by atoms with Crippen LogP contribution in [0.25, 0.3) is 10.9 Å². The molecule has 2 aromatic rings. The molecule has 0 radical (unpaired) electrons. The molecule has 0 aliphatic carbocycles. The number of aromatic amines is 1. The zero-order valence-electron chi connectivity index (χ0n) is 7.10. The Morgan fingerprint density at radius 3 is 2.92 bits per heavy atom. The van der Waals surface area contributed by atoms with Gasteiger partial charge in [-0.2, -0.15) is 0 Å². The third-order valence-corrected chi connectivity index (χ3v) is 2.52. The number of ketones is 1. The number of carbonyl (C=O) groups is 1. The van der Waals surface area contributed by atoms with E-state index in [1.165, 1.54) is 0 Å². The second-order valence-corrected chi connectivity index (χ2v) is 3.86. The number of H-pyrrole nitrogens is 1. The standard InChI is InChI=1S/C10H8BrNO/c1-6(13)9-5-12-10-3-2-7(11)4-8(9)10/h2-5,12H,1H3. The summed E-state index contributed by atoms with van der Waals surface area (Å²) >= 11 is 3.38. The number of carbonyl (C=O) groups excluding carboxylic acids is 1. The molecule has 66 valence electrons. The van der Waals surface area contributed by atoms with Crippen LogP contribution in [-0.2, 0) is 0 Å². The largest absolute Gasteiger partial charge is 0.360 e. The fourth-order valence-corrected chi connectivity index (χ4v) is 1.75. The molecule has 0 atom stereocenters. The lowest BCUT2D eigenvalue weighted by atomic mass is 10.1. The smallest absolute Gasteiger partial charge is 0.161 e. The minimum atomic E-state index is 0.0874. The second-order valence-electron chi connectivity index (χ2n) is 2.95. The van der Waals surface area contributed by atoms with Gasteiger partial charge in [0.05, 0.1) is 0 Å². The first-order chi connectivity index (χ1) is 6.18. The Kier molecular flexibility index (Phi) is 1.96. The Labute approximate surface area is 84.1 Å². The molecule has 0 bridgehead atoms. The molecule has 1 aromatic carbocycles. The van der Waals surface area contributed by atoms with Gasteiger partial charge in [0.2, 0.25) is 0 Å². The Morgan fingerprint density at radius 1 is 1.46 bits per heavy atom. The maximum atomic E-state index is 11.2. The zero-order chi connectivity index (χ0) is 9.42. The summed E-state index contributed by atoms with van der Waals surface area (Å²) in [6.07, 6.45) is 1.75. The fraction of sp³-hybridized carbons (Fsp3) is 0.100. The molecule has 13 heavy (non-hydrogen) atoms. The van der Waals surface area contributed by atoms with E-state index in [0.717, 1.165) is 20.9 Å². The molecule has 2 nitrogen and oxygen atoms in total. The summed E-state index contributed by atoms with van der Waals surface area (Å²) in [5, 5.41) is 0.974. The van der Waals surface area contributed by atoms with Crippen LogP contribution in [0.15, 0.2) is 28.9 Å². The van der Waals surface area contributed by atoms with Gasteiger partial charge in [0.1, 0.15) is 0 Å². The summed E-state index contributed by atoms with van der Waals surface area (Å²) in [5.74, 6) is 0.0874. The summed E-state index contributed by atoms with van der Waals surface area (Å²) in [4.78, 5) is 14.3. The average Bonchev–Trinajstić information content (AvgIpc) is 2.46. The predicted molar refractivity (Wildman–Crippen MR) is 56.0 cm³/mol. The van der Waals surface area contributed by atoms with Crippen LogP contribution >= 0.6 is 15.9 Å². The molecule has 1 aromatic heterocycles. The number of hydrogen-bond acceptors (Lipinski definition) is 1. The minimum absolute atomic E-state index is 0.0874. The number of rotatable bonds is 1. The van der Waals surface area contributed by atoms with E-state index in [0.29, 0.717) is 0 Å². The summed E-state index contributed by atoms with van der Waals surface area (Å²) in [6, 6.07) is 5.84. The van der Waals surface area contributed by atoms with Gasteiger partial charge in [0, 0.05) is 27.1 Å². The minimum Gasteiger partial charge on any atom is -0.360 e. The van der Waals surface area contributed by atoms with Crippen molar-refractivity contribution in [2.24, 2.45) is 0 Å². The monoisotopic (exact) mass is 237 g/mol. The second kappa shape index (κ2) is 3.00. The van der Waals surface area contributed by atoms with E-state index in [9.17, 15) is 4.79 Å². The number of nitrogens with one attached hydrogen (secondary N) is 1. The average molecular weight is 238 g/mol. The molecule has 0 saturated carbocycles. The van der Waals surface area contributed by atoms with Gasteiger partial charge in [-0.25, -0.2) is 0 Å². The molecule has 1 heterocycles. The van der Waals surface area contributed by atoms with E-state index < -0.39 is 0 Å². The van der Waals surface area contributed by atoms with E-state index in [2.05, 4.69) is 20.9 Å². The highest BCUT2D eigenvalue weighted by Gasteiger charge is 2.07. The topological polar surface area (TPSA) is 32.9 Å². The lowest BCUT2D eigenvalue weighted by molar-refractivity contribution is 0.101. The summed E-state index contributed by atoms with van der Waals surface area (Å²) in [5.41, 5.74) is 1.74. The van der Waals surface area contributed by atoms with Crippen molar-refractivity contribution in [1.82, 2.24) is 4.98 Å². The number of hydrogen-bond donors (Lipinski definition) is 1. The number of Topliss-reactive ketones (excluding diaryl/α,β-unsaturated/α-hetero) is 1. The van der Waals surface area contributed by atoms with E-state index >= 15 is 0 Å². The maximum Gasteiger partial charge on any atom is 0.161 e. The number of fused-ring (bicyclic) bond motifs is 1. The van der Waals surface area contributed by atoms with E-state index in [1.54, 1.807) is 13.1 Å². The summed E-state index contributed by atoms with van der Waals surface area (Å²) < 4.78 is 0.988. The van der Waals surface area contributed by atoms with Crippen LogP contribution in [-0.4, -0.2) is 10.8 Å². The van der Waals surface area contributed by atoms with Crippen LogP contribution in [0.4, 0.5) is 0 Å². The first-order valence-electron chi connectivity index (χ1n) is 3.96. The normalized spacial score (nSPS) is 10.6. The third kappa shape index (κ3) is 1.40. The van der Waals surface area contributed by atoms with Crippen molar-refractivity contribution in [2.45, 2.75) is 6.92 Å². The predicted octanol–water partition coefficient (Wildman–Crippen LogP) is 3.13. The number of halogens is 1. The van der Waals surface area contributed by atoms with Crippen molar-refractivity contribution in [3.8, 4) is 0 Å². The van der Waals surface area contributed by atoms with Crippen molar-refractivity contribution in [1.29, 1.82) is 0 Å². The Hall–Kier alpha value is -1.09. The van der Waals surface area contributed by atoms with E-state index in [1.807, 2.05) is 18.2 Å². The van der Waals surface area contributed by atoms with Gasteiger partial charge >= 0.3 is 0 Å². The Morgan fingerprint density at radius 2 is 2.23 bits per heavy atom. The molecule has 0 fully saturated rings. The van der Waals surface area contributed by atoms with Crippen LogP contribution in [0.1, 0.15) is 17.3 Å². The lowest BCUT2D eigenvalue weighted by Crippen LogP contribution is -1.88. The van der Waals surface area contributed by atoms with Crippen LogP contribution < -0.4 is 0 Å². The van der Waals surface area contributed by atoms with Crippen LogP contribution in [0.3, 0.4) is 0 Å². The molecular weight excluding hydrogens is 230 g/mol. The number of aromatic nitrogens is 1. The van der Waals surface area contributed by atoms with Gasteiger partial charge in [0.25, 0.3) is 0 Å². The van der Waals surface area contributed by atoms with Gasteiger partial charge < -0.3 is 4.98 Å². The first kappa shape index (κ1) is 8.51. The quantitative estimate of drug-likeness (QED) is 0.760. The molecular formula is C10H8BrNO. The van der Waals surface area contributed by atoms with Crippen molar-refractivity contribution in [2.75, 3.05) is 0 Å². The van der Waals surface area contributed by atoms with Crippen molar-refractivity contribution < 1.29 is 4.79 Å². The van der Waals surface area contributed by atoms with Crippen molar-refractivity contribution >= 4 is 32.6 Å². The molecule has 0 amide bonds. The summed E-state index contributed by atoms with van der Waals surface area (Å²) in [7, 11) is 0. The molecule has 0 spiro atoms. The van der Waals surface area contributed by atoms with E-state index in [-0.39, 0.29) is 5.78 Å². The van der Waals surface area contributed by atoms with Crippen LogP contribution in [0.5, 0.6) is 0 Å². The molecule has 2 rings (SSSR count). The SMILES string of the molecule is CC(=O)c1c[nH]c2ccc(Br)cc12. The van der Waals surface area contributed by atoms with Crippen LogP contribution in [0, 0.1) is 0 Å². The van der Waals surface area contributed by atoms with Crippen molar-refractivity contribution in [3.05, 3.63) is 34.4 Å². The highest BCUT2D eigenvalue weighted by molar-refractivity contribution is 9.10. The highest BCUT2D eigenvalue weighted by Crippen LogP contribution is 2.22. The van der Waals surface area contributed by atoms with Gasteiger partial charge in [-0.3, -0.25) is 4.79 Å². The van der Waals surface area contributed by atoms with Crippen LogP contribution in [0.2, 0.25) is 0 Å². The summed E-state index contributed by atoms with van der Waals surface area (Å²) in [6.45, 7) is 1.57. The molecule has 0 aliphatic rings.